The van der Waals surface area contributed by atoms with Crippen LogP contribution in [0.5, 0.6) is 0 Å². The zero-order valence-electron chi connectivity index (χ0n) is 12.6. The Hall–Kier alpha value is -1.85. The van der Waals surface area contributed by atoms with Crippen molar-refractivity contribution < 1.29 is 13.5 Å². The van der Waals surface area contributed by atoms with Crippen LogP contribution >= 0.6 is 0 Å². The molecule has 0 saturated carbocycles. The molecule has 2 rings (SSSR count). The number of para-hydroxylation sites is 1. The largest absolute Gasteiger partial charge is 0.394 e. The van der Waals surface area contributed by atoms with Crippen LogP contribution in [-0.2, 0) is 10.0 Å². The lowest BCUT2D eigenvalue weighted by Crippen LogP contribution is -2.36. The Kier molecular flexibility index (Phi) is 5.57. The fourth-order valence-corrected chi connectivity index (χ4v) is 4.20. The molecule has 0 aliphatic carbocycles. The van der Waals surface area contributed by atoms with E-state index in [1.165, 1.54) is 4.31 Å². The highest BCUT2D eigenvalue weighted by molar-refractivity contribution is 7.92. The Balaban J connectivity index is 2.23. The fourth-order valence-electron chi connectivity index (χ4n) is 2.40. The molecule has 0 amide bonds. The topological polar surface area (TPSA) is 57.6 Å². The average molecular weight is 319 g/mol. The molecule has 2 aromatic rings. The Bertz CT molecular complexity index is 672. The third-order valence-electron chi connectivity index (χ3n) is 3.51. The van der Waals surface area contributed by atoms with E-state index >= 15 is 0 Å². The summed E-state index contributed by atoms with van der Waals surface area (Å²) in [5, 5.41) is 9.21. The SMILES string of the molecule is CC(CS(=O)(=O)N(CCO)c1ccccc1)c1ccccc1. The highest BCUT2D eigenvalue weighted by atomic mass is 32.2. The molecule has 2 aromatic carbocycles. The predicted octanol–water partition coefficient (Wildman–Crippen LogP) is 2.62. The Morgan fingerprint density at radius 2 is 1.55 bits per heavy atom. The van der Waals surface area contributed by atoms with E-state index in [4.69, 9.17) is 0 Å². The van der Waals surface area contributed by atoms with Crippen molar-refractivity contribution in [2.24, 2.45) is 0 Å². The number of anilines is 1. The molecule has 0 aliphatic rings. The molecule has 0 spiro atoms. The second kappa shape index (κ2) is 7.42. The smallest absolute Gasteiger partial charge is 0.235 e. The molecule has 118 valence electrons. The van der Waals surface area contributed by atoms with E-state index in [-0.39, 0.29) is 24.8 Å². The van der Waals surface area contributed by atoms with Gasteiger partial charge in [-0.25, -0.2) is 8.42 Å². The predicted molar refractivity (Wildman–Crippen MR) is 89.5 cm³/mol. The minimum Gasteiger partial charge on any atom is -0.394 e. The van der Waals surface area contributed by atoms with Crippen molar-refractivity contribution in [3.05, 3.63) is 66.2 Å². The molecule has 0 saturated heterocycles. The maximum Gasteiger partial charge on any atom is 0.235 e. The maximum atomic E-state index is 12.7. The number of benzene rings is 2. The second-order valence-electron chi connectivity index (χ2n) is 5.22. The standard InChI is InChI=1S/C17H21NO3S/c1-15(16-8-4-2-5-9-16)14-22(20,21)18(12-13-19)17-10-6-3-7-11-17/h2-11,15,19H,12-14H2,1H3. The number of sulfonamides is 1. The molecular weight excluding hydrogens is 298 g/mol. The summed E-state index contributed by atoms with van der Waals surface area (Å²) in [4.78, 5) is 0. The molecule has 1 unspecified atom stereocenters. The highest BCUT2D eigenvalue weighted by Gasteiger charge is 2.25. The van der Waals surface area contributed by atoms with Gasteiger partial charge in [-0.15, -0.1) is 0 Å². The van der Waals surface area contributed by atoms with Crippen molar-refractivity contribution in [1.29, 1.82) is 0 Å². The molecule has 1 N–H and O–H groups in total. The number of rotatable bonds is 7. The Morgan fingerprint density at radius 1 is 1.00 bits per heavy atom. The van der Waals surface area contributed by atoms with Gasteiger partial charge in [0.1, 0.15) is 0 Å². The quantitative estimate of drug-likeness (QED) is 0.853. The van der Waals surface area contributed by atoms with Crippen LogP contribution in [0, 0.1) is 0 Å². The molecule has 0 radical (unpaired) electrons. The zero-order chi connectivity index (χ0) is 16.0. The van der Waals surface area contributed by atoms with Crippen molar-refractivity contribution in [3.63, 3.8) is 0 Å². The van der Waals surface area contributed by atoms with Gasteiger partial charge in [-0.3, -0.25) is 4.31 Å². The number of nitrogens with zero attached hydrogens (tertiary/aromatic N) is 1. The third-order valence-corrected chi connectivity index (χ3v) is 5.50. The van der Waals surface area contributed by atoms with Gasteiger partial charge in [0.2, 0.25) is 10.0 Å². The van der Waals surface area contributed by atoms with E-state index in [9.17, 15) is 13.5 Å². The van der Waals surface area contributed by atoms with Crippen molar-refractivity contribution in [3.8, 4) is 0 Å². The van der Waals surface area contributed by atoms with Gasteiger partial charge in [-0.1, -0.05) is 55.5 Å². The number of hydrogen-bond acceptors (Lipinski definition) is 3. The van der Waals surface area contributed by atoms with Crippen LogP contribution in [0.15, 0.2) is 60.7 Å². The molecule has 0 aromatic heterocycles. The van der Waals surface area contributed by atoms with E-state index < -0.39 is 10.0 Å². The molecule has 0 fully saturated rings. The van der Waals surface area contributed by atoms with Crippen LogP contribution in [0.4, 0.5) is 5.69 Å². The summed E-state index contributed by atoms with van der Waals surface area (Å²) >= 11 is 0. The van der Waals surface area contributed by atoms with Crippen molar-refractivity contribution >= 4 is 15.7 Å². The van der Waals surface area contributed by atoms with Crippen LogP contribution in [0.3, 0.4) is 0 Å². The van der Waals surface area contributed by atoms with Gasteiger partial charge >= 0.3 is 0 Å². The van der Waals surface area contributed by atoms with E-state index in [0.29, 0.717) is 5.69 Å². The van der Waals surface area contributed by atoms with Gasteiger partial charge in [0.15, 0.2) is 0 Å². The van der Waals surface area contributed by atoms with Gasteiger partial charge in [0.05, 0.1) is 24.6 Å². The normalized spacial score (nSPS) is 12.8. The number of aliphatic hydroxyl groups excluding tert-OH is 1. The maximum absolute atomic E-state index is 12.7. The summed E-state index contributed by atoms with van der Waals surface area (Å²) in [5.74, 6) is -0.109. The molecule has 4 nitrogen and oxygen atoms in total. The minimum absolute atomic E-state index is 0.00586. The zero-order valence-corrected chi connectivity index (χ0v) is 13.4. The monoisotopic (exact) mass is 319 g/mol. The lowest BCUT2D eigenvalue weighted by atomic mass is 10.0. The fraction of sp³-hybridized carbons (Fsp3) is 0.294. The van der Waals surface area contributed by atoms with Crippen molar-refractivity contribution in [2.75, 3.05) is 23.2 Å². The van der Waals surface area contributed by atoms with Gasteiger partial charge in [-0.2, -0.15) is 0 Å². The first-order valence-electron chi connectivity index (χ1n) is 7.26. The van der Waals surface area contributed by atoms with Crippen LogP contribution in [-0.4, -0.2) is 32.4 Å². The summed E-state index contributed by atoms with van der Waals surface area (Å²) in [6.07, 6.45) is 0. The molecule has 0 heterocycles. The highest BCUT2D eigenvalue weighted by Crippen LogP contribution is 2.23. The van der Waals surface area contributed by atoms with Crippen LogP contribution in [0.1, 0.15) is 18.4 Å². The third kappa shape index (κ3) is 4.08. The Labute approximate surface area is 132 Å². The molecule has 22 heavy (non-hydrogen) atoms. The first kappa shape index (κ1) is 16.5. The van der Waals surface area contributed by atoms with Crippen molar-refractivity contribution in [2.45, 2.75) is 12.8 Å². The molecule has 0 aliphatic heterocycles. The summed E-state index contributed by atoms with van der Waals surface area (Å²) in [6, 6.07) is 18.5. The minimum atomic E-state index is -3.51. The van der Waals surface area contributed by atoms with E-state index in [2.05, 4.69) is 0 Å². The second-order valence-corrected chi connectivity index (χ2v) is 7.16. The van der Waals surface area contributed by atoms with Crippen molar-refractivity contribution in [1.82, 2.24) is 0 Å². The van der Waals surface area contributed by atoms with E-state index in [1.54, 1.807) is 24.3 Å². The van der Waals surface area contributed by atoms with Crippen LogP contribution < -0.4 is 4.31 Å². The van der Waals surface area contributed by atoms with Gasteiger partial charge < -0.3 is 5.11 Å². The summed E-state index contributed by atoms with van der Waals surface area (Å²) < 4.78 is 26.7. The average Bonchev–Trinajstić information content (AvgIpc) is 2.53. The lowest BCUT2D eigenvalue weighted by molar-refractivity contribution is 0.306. The number of hydrogen-bond donors (Lipinski definition) is 1. The van der Waals surface area contributed by atoms with E-state index in [1.807, 2.05) is 43.3 Å². The molecule has 0 bridgehead atoms. The van der Waals surface area contributed by atoms with E-state index in [0.717, 1.165) is 5.56 Å². The van der Waals surface area contributed by atoms with Gasteiger partial charge in [-0.05, 0) is 23.6 Å². The molecule has 5 heteroatoms. The van der Waals surface area contributed by atoms with Crippen LogP contribution in [0.2, 0.25) is 0 Å². The first-order chi connectivity index (χ1) is 10.5. The number of aliphatic hydroxyl groups is 1. The molecular formula is C17H21NO3S. The van der Waals surface area contributed by atoms with Gasteiger partial charge in [0.25, 0.3) is 0 Å². The van der Waals surface area contributed by atoms with Gasteiger partial charge in [0, 0.05) is 0 Å². The summed E-state index contributed by atoms with van der Waals surface area (Å²) in [6.45, 7) is 1.75. The van der Waals surface area contributed by atoms with Crippen LogP contribution in [0.25, 0.3) is 0 Å². The Morgan fingerprint density at radius 3 is 2.09 bits per heavy atom. The lowest BCUT2D eigenvalue weighted by Gasteiger charge is -2.25. The molecule has 1 atom stereocenters. The summed E-state index contributed by atoms with van der Waals surface area (Å²) in [7, 11) is -3.51. The summed E-state index contributed by atoms with van der Waals surface area (Å²) in [5.41, 5.74) is 1.57. The first-order valence-corrected chi connectivity index (χ1v) is 8.87.